The highest BCUT2D eigenvalue weighted by molar-refractivity contribution is 14.1. The number of halogens is 2. The minimum Gasteiger partial charge on any atom is -0.504 e. The van der Waals surface area contributed by atoms with Gasteiger partial charge in [0.1, 0.15) is 11.6 Å². The highest BCUT2D eigenvalue weighted by Crippen LogP contribution is 2.33. The predicted molar refractivity (Wildman–Crippen MR) is 110 cm³/mol. The molecule has 0 aromatic heterocycles. The number of phenolic OH excluding ortho intramolecular Hbond substituents is 1. The number of benzene rings is 2. The number of ether oxygens (including phenoxy) is 1. The van der Waals surface area contributed by atoms with Crippen molar-refractivity contribution in [1.82, 2.24) is 0 Å². The first-order valence-electron chi connectivity index (χ1n) is 7.70. The Balaban J connectivity index is 2.34. The van der Waals surface area contributed by atoms with Gasteiger partial charge in [0, 0.05) is 10.7 Å². The molecule has 0 fully saturated rings. The third-order valence-electron chi connectivity index (χ3n) is 3.47. The van der Waals surface area contributed by atoms with E-state index in [4.69, 9.17) is 16.3 Å². The van der Waals surface area contributed by atoms with Gasteiger partial charge in [0.15, 0.2) is 11.5 Å². The summed E-state index contributed by atoms with van der Waals surface area (Å²) >= 11 is 7.91. The summed E-state index contributed by atoms with van der Waals surface area (Å²) in [5.74, 6) is -0.213. The number of nitrogens with zero attached hydrogens (tertiary/aromatic N) is 1. The molecule has 26 heavy (non-hydrogen) atoms. The van der Waals surface area contributed by atoms with Crippen LogP contribution in [-0.4, -0.2) is 17.6 Å². The second kappa shape index (κ2) is 8.92. The SMILES string of the molecule is CCOc1cc(/C=C(\C#N)C(=O)Nc2cc(Cl)ccc2C)cc(I)c1O. The van der Waals surface area contributed by atoms with E-state index >= 15 is 0 Å². The molecule has 0 atom stereocenters. The van der Waals surface area contributed by atoms with Crippen LogP contribution in [0.4, 0.5) is 5.69 Å². The van der Waals surface area contributed by atoms with Crippen molar-refractivity contribution in [2.75, 3.05) is 11.9 Å². The predicted octanol–water partition coefficient (Wildman–Crippen LogP) is 4.90. The van der Waals surface area contributed by atoms with Crippen molar-refractivity contribution in [2.24, 2.45) is 0 Å². The first-order chi connectivity index (χ1) is 12.3. The fourth-order valence-corrected chi connectivity index (χ4v) is 2.97. The number of nitriles is 1. The van der Waals surface area contributed by atoms with E-state index in [-0.39, 0.29) is 11.3 Å². The van der Waals surface area contributed by atoms with Crippen LogP contribution < -0.4 is 10.1 Å². The fourth-order valence-electron chi connectivity index (χ4n) is 2.18. The Morgan fingerprint density at radius 3 is 2.81 bits per heavy atom. The van der Waals surface area contributed by atoms with Crippen molar-refractivity contribution in [3.05, 3.63) is 55.6 Å². The Kier molecular flexibility index (Phi) is 6.89. The molecular formula is C19H16ClIN2O3. The zero-order valence-electron chi connectivity index (χ0n) is 14.1. The smallest absolute Gasteiger partial charge is 0.266 e. The number of aryl methyl sites for hydroxylation is 1. The van der Waals surface area contributed by atoms with Gasteiger partial charge in [0.05, 0.1) is 10.2 Å². The number of carbonyl (C=O) groups is 1. The lowest BCUT2D eigenvalue weighted by atomic mass is 10.1. The van der Waals surface area contributed by atoms with Crippen molar-refractivity contribution >= 4 is 51.9 Å². The van der Waals surface area contributed by atoms with Crippen molar-refractivity contribution in [3.8, 4) is 17.6 Å². The normalized spacial score (nSPS) is 11.0. The molecule has 0 saturated carbocycles. The molecule has 0 spiro atoms. The van der Waals surface area contributed by atoms with E-state index in [0.29, 0.717) is 32.2 Å². The van der Waals surface area contributed by atoms with Crippen LogP contribution >= 0.6 is 34.2 Å². The van der Waals surface area contributed by atoms with Gasteiger partial charge in [-0.2, -0.15) is 5.26 Å². The van der Waals surface area contributed by atoms with Gasteiger partial charge in [-0.25, -0.2) is 0 Å². The molecule has 0 heterocycles. The average Bonchev–Trinajstić information content (AvgIpc) is 2.60. The summed E-state index contributed by atoms with van der Waals surface area (Å²) < 4.78 is 5.93. The van der Waals surface area contributed by atoms with Crippen LogP contribution in [0.25, 0.3) is 6.08 Å². The Labute approximate surface area is 170 Å². The maximum absolute atomic E-state index is 12.4. The summed E-state index contributed by atoms with van der Waals surface area (Å²) in [7, 11) is 0. The highest BCUT2D eigenvalue weighted by atomic mass is 127. The lowest BCUT2D eigenvalue weighted by Crippen LogP contribution is -2.14. The summed E-state index contributed by atoms with van der Waals surface area (Å²) in [6.07, 6.45) is 1.44. The molecule has 2 aromatic carbocycles. The highest BCUT2D eigenvalue weighted by Gasteiger charge is 2.13. The number of carbonyl (C=O) groups excluding carboxylic acids is 1. The first-order valence-corrected chi connectivity index (χ1v) is 9.16. The summed E-state index contributed by atoms with van der Waals surface area (Å²) in [5, 5.41) is 22.5. The lowest BCUT2D eigenvalue weighted by Gasteiger charge is -2.10. The van der Waals surface area contributed by atoms with Crippen LogP contribution in [0.2, 0.25) is 5.02 Å². The Bertz CT molecular complexity index is 920. The van der Waals surface area contributed by atoms with E-state index in [1.54, 1.807) is 37.3 Å². The molecule has 7 heteroatoms. The second-order valence-corrected chi connectivity index (χ2v) is 6.96. The molecule has 1 amide bonds. The Morgan fingerprint density at radius 2 is 2.15 bits per heavy atom. The molecule has 0 radical (unpaired) electrons. The number of hydrogen-bond donors (Lipinski definition) is 2. The number of phenols is 1. The standard InChI is InChI=1S/C19H16ClIN2O3/c1-3-26-17-8-12(7-15(21)18(17)24)6-13(10-22)19(25)23-16-9-14(20)5-4-11(16)2/h4-9,24H,3H2,1-2H3,(H,23,25)/b13-6+. The molecule has 2 N–H and O–H groups in total. The van der Waals surface area contributed by atoms with Gasteiger partial charge >= 0.3 is 0 Å². The van der Waals surface area contributed by atoms with Gasteiger partial charge in [0.2, 0.25) is 0 Å². The minimum absolute atomic E-state index is 0.0297. The van der Waals surface area contributed by atoms with Crippen molar-refractivity contribution < 1.29 is 14.6 Å². The molecule has 0 unspecified atom stereocenters. The maximum atomic E-state index is 12.4. The van der Waals surface area contributed by atoms with Crippen LogP contribution in [0, 0.1) is 21.8 Å². The van der Waals surface area contributed by atoms with E-state index < -0.39 is 5.91 Å². The minimum atomic E-state index is -0.543. The molecule has 134 valence electrons. The van der Waals surface area contributed by atoms with Gasteiger partial charge in [-0.3, -0.25) is 4.79 Å². The number of rotatable bonds is 5. The summed E-state index contributed by atoms with van der Waals surface area (Å²) in [6, 6.07) is 10.3. The van der Waals surface area contributed by atoms with Crippen LogP contribution in [0.5, 0.6) is 11.5 Å². The third kappa shape index (κ3) is 4.90. The van der Waals surface area contributed by atoms with Crippen LogP contribution in [0.15, 0.2) is 35.9 Å². The molecule has 0 saturated heterocycles. The van der Waals surface area contributed by atoms with E-state index in [2.05, 4.69) is 5.32 Å². The van der Waals surface area contributed by atoms with Gasteiger partial charge in [-0.05, 0) is 77.9 Å². The van der Waals surface area contributed by atoms with E-state index in [1.165, 1.54) is 6.08 Å². The molecule has 2 rings (SSSR count). The monoisotopic (exact) mass is 482 g/mol. The molecule has 2 aromatic rings. The molecule has 0 bridgehead atoms. The zero-order valence-corrected chi connectivity index (χ0v) is 17.1. The average molecular weight is 483 g/mol. The lowest BCUT2D eigenvalue weighted by molar-refractivity contribution is -0.112. The van der Waals surface area contributed by atoms with Gasteiger partial charge < -0.3 is 15.2 Å². The number of amides is 1. The largest absolute Gasteiger partial charge is 0.504 e. The topological polar surface area (TPSA) is 82.3 Å². The molecule has 0 aliphatic rings. The van der Waals surface area contributed by atoms with Crippen molar-refractivity contribution in [1.29, 1.82) is 5.26 Å². The Morgan fingerprint density at radius 1 is 1.42 bits per heavy atom. The molecule has 5 nitrogen and oxygen atoms in total. The quantitative estimate of drug-likeness (QED) is 0.361. The zero-order chi connectivity index (χ0) is 19.3. The summed E-state index contributed by atoms with van der Waals surface area (Å²) in [6.45, 7) is 4.02. The maximum Gasteiger partial charge on any atom is 0.266 e. The van der Waals surface area contributed by atoms with Gasteiger partial charge in [-0.15, -0.1) is 0 Å². The molecular weight excluding hydrogens is 467 g/mol. The van der Waals surface area contributed by atoms with Crippen LogP contribution in [0.3, 0.4) is 0 Å². The second-order valence-electron chi connectivity index (χ2n) is 5.37. The number of nitrogens with one attached hydrogen (secondary N) is 1. The number of anilines is 1. The fraction of sp³-hybridized carbons (Fsp3) is 0.158. The van der Waals surface area contributed by atoms with Gasteiger partial charge in [-0.1, -0.05) is 17.7 Å². The van der Waals surface area contributed by atoms with Crippen LogP contribution in [-0.2, 0) is 4.79 Å². The summed E-state index contributed by atoms with van der Waals surface area (Å²) in [4.78, 5) is 12.4. The van der Waals surface area contributed by atoms with Crippen molar-refractivity contribution in [3.63, 3.8) is 0 Å². The molecule has 0 aliphatic heterocycles. The first kappa shape index (κ1) is 20.1. The van der Waals surface area contributed by atoms with Crippen LogP contribution in [0.1, 0.15) is 18.1 Å². The number of hydrogen-bond acceptors (Lipinski definition) is 4. The Hall–Kier alpha value is -2.24. The van der Waals surface area contributed by atoms with E-state index in [0.717, 1.165) is 5.56 Å². The number of aromatic hydroxyl groups is 1. The molecule has 0 aliphatic carbocycles. The third-order valence-corrected chi connectivity index (χ3v) is 4.53. The van der Waals surface area contributed by atoms with Gasteiger partial charge in [0.25, 0.3) is 5.91 Å². The summed E-state index contributed by atoms with van der Waals surface area (Å²) in [5.41, 5.74) is 1.87. The van der Waals surface area contributed by atoms with Crippen molar-refractivity contribution in [2.45, 2.75) is 13.8 Å². The van der Waals surface area contributed by atoms with E-state index in [9.17, 15) is 15.2 Å². The van der Waals surface area contributed by atoms with E-state index in [1.807, 2.05) is 35.6 Å².